The Bertz CT molecular complexity index is 397. The van der Waals surface area contributed by atoms with Crippen LogP contribution in [-0.4, -0.2) is 38.1 Å². The van der Waals surface area contributed by atoms with E-state index in [4.69, 9.17) is 0 Å². The van der Waals surface area contributed by atoms with E-state index in [1.165, 1.54) is 0 Å². The van der Waals surface area contributed by atoms with Crippen LogP contribution < -0.4 is 15.5 Å². The largest absolute Gasteiger partial charge is 0.357 e. The number of rotatable bonds is 6. The molecule has 0 aromatic carbocycles. The van der Waals surface area contributed by atoms with Crippen LogP contribution in [0.1, 0.15) is 12.6 Å². The van der Waals surface area contributed by atoms with Crippen molar-refractivity contribution in [1.82, 2.24) is 15.6 Å². The van der Waals surface area contributed by atoms with E-state index in [1.54, 1.807) is 17.4 Å². The minimum Gasteiger partial charge on any atom is -0.357 e. The number of hydrogen-bond donors (Lipinski definition) is 2. The summed E-state index contributed by atoms with van der Waals surface area (Å²) >= 11 is 1.63. The highest BCUT2D eigenvalue weighted by Gasteiger charge is 2.03. The Morgan fingerprint density at radius 2 is 2.33 bits per heavy atom. The van der Waals surface area contributed by atoms with E-state index in [9.17, 15) is 0 Å². The molecule has 0 bridgehead atoms. The molecule has 0 aliphatic carbocycles. The molecule has 1 aromatic rings. The SMILES string of the molecule is C=CCNC(=NCc1csc(N(C)C)n1)NCC. The van der Waals surface area contributed by atoms with Gasteiger partial charge in [0.1, 0.15) is 0 Å². The first-order chi connectivity index (χ1) is 8.67. The molecule has 0 saturated heterocycles. The summed E-state index contributed by atoms with van der Waals surface area (Å²) < 4.78 is 0. The summed E-state index contributed by atoms with van der Waals surface area (Å²) in [5.41, 5.74) is 0.986. The first-order valence-corrected chi connectivity index (χ1v) is 6.80. The second-order valence-corrected chi connectivity index (χ2v) is 4.72. The van der Waals surface area contributed by atoms with Crippen LogP contribution in [0.25, 0.3) is 0 Å². The second-order valence-electron chi connectivity index (χ2n) is 3.88. The first kappa shape index (κ1) is 14.5. The van der Waals surface area contributed by atoms with E-state index < -0.39 is 0 Å². The Morgan fingerprint density at radius 3 is 2.89 bits per heavy atom. The summed E-state index contributed by atoms with van der Waals surface area (Å²) in [6, 6.07) is 0. The third-order valence-corrected chi connectivity index (χ3v) is 3.14. The lowest BCUT2D eigenvalue weighted by Gasteiger charge is -2.08. The summed E-state index contributed by atoms with van der Waals surface area (Å²) in [6.07, 6.45) is 1.81. The van der Waals surface area contributed by atoms with Gasteiger partial charge in [-0.05, 0) is 6.92 Å². The zero-order chi connectivity index (χ0) is 13.4. The van der Waals surface area contributed by atoms with Crippen LogP contribution in [0, 0.1) is 0 Å². The second kappa shape index (κ2) is 7.71. The highest BCUT2D eigenvalue weighted by atomic mass is 32.1. The lowest BCUT2D eigenvalue weighted by atomic mass is 10.5. The molecule has 0 saturated carbocycles. The Labute approximate surface area is 113 Å². The molecule has 0 amide bonds. The topological polar surface area (TPSA) is 52.6 Å². The van der Waals surface area contributed by atoms with Crippen LogP contribution in [0.4, 0.5) is 5.13 Å². The van der Waals surface area contributed by atoms with E-state index in [0.717, 1.165) is 23.3 Å². The van der Waals surface area contributed by atoms with Crippen molar-refractivity contribution in [2.45, 2.75) is 13.5 Å². The molecular formula is C12H21N5S. The minimum absolute atomic E-state index is 0.580. The van der Waals surface area contributed by atoms with Crippen LogP contribution >= 0.6 is 11.3 Å². The van der Waals surface area contributed by atoms with Crippen molar-refractivity contribution in [2.75, 3.05) is 32.1 Å². The van der Waals surface area contributed by atoms with Crippen molar-refractivity contribution < 1.29 is 0 Å². The van der Waals surface area contributed by atoms with Crippen molar-refractivity contribution >= 4 is 22.4 Å². The molecule has 2 N–H and O–H groups in total. The highest BCUT2D eigenvalue weighted by molar-refractivity contribution is 7.13. The molecule has 0 radical (unpaired) electrons. The molecule has 0 spiro atoms. The number of anilines is 1. The van der Waals surface area contributed by atoms with E-state index >= 15 is 0 Å². The smallest absolute Gasteiger partial charge is 0.191 e. The lowest BCUT2D eigenvalue weighted by Crippen LogP contribution is -2.37. The van der Waals surface area contributed by atoms with Gasteiger partial charge in [0, 0.05) is 32.6 Å². The van der Waals surface area contributed by atoms with Gasteiger partial charge in [-0.15, -0.1) is 17.9 Å². The number of guanidine groups is 1. The van der Waals surface area contributed by atoms with Gasteiger partial charge < -0.3 is 15.5 Å². The standard InChI is InChI=1S/C12H21N5S/c1-5-7-14-11(13-6-2)15-8-10-9-18-12(16-10)17(3)4/h5,9H,1,6-8H2,2-4H3,(H2,13,14,15). The quantitative estimate of drug-likeness (QED) is 0.465. The first-order valence-electron chi connectivity index (χ1n) is 5.92. The van der Waals surface area contributed by atoms with Crippen LogP contribution in [0.3, 0.4) is 0 Å². The molecule has 5 nitrogen and oxygen atoms in total. The van der Waals surface area contributed by atoms with Gasteiger partial charge in [0.05, 0.1) is 12.2 Å². The van der Waals surface area contributed by atoms with Crippen molar-refractivity contribution in [2.24, 2.45) is 4.99 Å². The Morgan fingerprint density at radius 1 is 1.56 bits per heavy atom. The summed E-state index contributed by atoms with van der Waals surface area (Å²) in [5.74, 6) is 0.789. The summed E-state index contributed by atoms with van der Waals surface area (Å²) in [6.45, 7) is 7.83. The van der Waals surface area contributed by atoms with Crippen molar-refractivity contribution in [1.29, 1.82) is 0 Å². The monoisotopic (exact) mass is 267 g/mol. The maximum Gasteiger partial charge on any atom is 0.191 e. The van der Waals surface area contributed by atoms with E-state index in [-0.39, 0.29) is 0 Å². The summed E-state index contributed by atoms with van der Waals surface area (Å²) in [7, 11) is 3.98. The third-order valence-electron chi connectivity index (χ3n) is 2.08. The maximum atomic E-state index is 4.48. The van der Waals surface area contributed by atoms with Gasteiger partial charge in [0.2, 0.25) is 0 Å². The van der Waals surface area contributed by atoms with Crippen LogP contribution in [-0.2, 0) is 6.54 Å². The Hall–Kier alpha value is -1.56. The molecule has 18 heavy (non-hydrogen) atoms. The number of thiazole rings is 1. The van der Waals surface area contributed by atoms with Gasteiger partial charge in [-0.1, -0.05) is 6.08 Å². The fraction of sp³-hybridized carbons (Fsp3) is 0.500. The van der Waals surface area contributed by atoms with Gasteiger partial charge in [-0.25, -0.2) is 9.98 Å². The molecule has 1 heterocycles. The predicted octanol–water partition coefficient (Wildman–Crippen LogP) is 1.45. The summed E-state index contributed by atoms with van der Waals surface area (Å²) in [4.78, 5) is 10.9. The van der Waals surface area contributed by atoms with Crippen molar-refractivity contribution in [3.05, 3.63) is 23.7 Å². The van der Waals surface area contributed by atoms with Gasteiger partial charge in [-0.2, -0.15) is 0 Å². The number of hydrogen-bond acceptors (Lipinski definition) is 4. The number of aliphatic imine (C=N–C) groups is 1. The van der Waals surface area contributed by atoms with E-state index in [0.29, 0.717) is 13.1 Å². The lowest BCUT2D eigenvalue weighted by molar-refractivity contribution is 0.854. The predicted molar refractivity (Wildman–Crippen MR) is 79.5 cm³/mol. The normalized spacial score (nSPS) is 11.2. The van der Waals surface area contributed by atoms with E-state index in [2.05, 4.69) is 27.2 Å². The van der Waals surface area contributed by atoms with Crippen LogP contribution in [0.2, 0.25) is 0 Å². The minimum atomic E-state index is 0.580. The van der Waals surface area contributed by atoms with Crippen LogP contribution in [0.5, 0.6) is 0 Å². The molecule has 0 atom stereocenters. The highest BCUT2D eigenvalue weighted by Crippen LogP contribution is 2.18. The summed E-state index contributed by atoms with van der Waals surface area (Å²) in [5, 5.41) is 9.37. The van der Waals surface area contributed by atoms with Crippen molar-refractivity contribution in [3.8, 4) is 0 Å². The molecule has 0 aliphatic heterocycles. The van der Waals surface area contributed by atoms with Crippen LogP contribution in [0.15, 0.2) is 23.0 Å². The average molecular weight is 267 g/mol. The number of aromatic nitrogens is 1. The molecule has 6 heteroatoms. The van der Waals surface area contributed by atoms with Crippen molar-refractivity contribution in [3.63, 3.8) is 0 Å². The maximum absolute atomic E-state index is 4.48. The molecule has 1 rings (SSSR count). The molecule has 0 unspecified atom stereocenters. The molecular weight excluding hydrogens is 246 g/mol. The Kier molecular flexibility index (Phi) is 6.21. The molecule has 100 valence electrons. The third kappa shape index (κ3) is 4.75. The van der Waals surface area contributed by atoms with Gasteiger partial charge in [0.15, 0.2) is 11.1 Å². The number of nitrogens with zero attached hydrogens (tertiary/aromatic N) is 3. The van der Waals surface area contributed by atoms with Gasteiger partial charge in [-0.3, -0.25) is 0 Å². The fourth-order valence-corrected chi connectivity index (χ4v) is 1.99. The van der Waals surface area contributed by atoms with E-state index in [1.807, 2.05) is 31.3 Å². The molecule has 1 aromatic heterocycles. The average Bonchev–Trinajstić information content (AvgIpc) is 2.81. The zero-order valence-electron chi connectivity index (χ0n) is 11.2. The van der Waals surface area contributed by atoms with Gasteiger partial charge >= 0.3 is 0 Å². The zero-order valence-corrected chi connectivity index (χ0v) is 12.0. The fourth-order valence-electron chi connectivity index (χ4n) is 1.24. The number of nitrogens with one attached hydrogen (secondary N) is 2. The molecule has 0 aliphatic rings. The molecule has 0 fully saturated rings. The Balaban J connectivity index is 2.59. The van der Waals surface area contributed by atoms with Gasteiger partial charge in [0.25, 0.3) is 0 Å².